The van der Waals surface area contributed by atoms with Gasteiger partial charge < -0.3 is 9.88 Å². The molecule has 0 atom stereocenters. The molecule has 1 fully saturated rings. The molecular weight excluding hydrogens is 264 g/mol. The van der Waals surface area contributed by atoms with Crippen LogP contribution in [0, 0.1) is 10.1 Å². The van der Waals surface area contributed by atoms with Gasteiger partial charge in [-0.1, -0.05) is 5.11 Å². The number of rotatable bonds is 7. The van der Waals surface area contributed by atoms with Crippen LogP contribution in [0.3, 0.4) is 0 Å². The van der Waals surface area contributed by atoms with Gasteiger partial charge in [0.05, 0.1) is 11.1 Å². The average molecular weight is 278 g/mol. The summed E-state index contributed by atoms with van der Waals surface area (Å²) in [6.45, 7) is 0.669. The minimum atomic E-state index is -0.503. The number of aromatic nitrogens is 1. The molecule has 0 aliphatic heterocycles. The molecule has 0 saturated heterocycles. The van der Waals surface area contributed by atoms with E-state index in [9.17, 15) is 14.9 Å². The SMILES string of the molecule is [N-]=[N+]=NCCCNC(=O)c1cc([N+](=O)[O-])cn1C1CC1. The third-order valence-electron chi connectivity index (χ3n) is 3.00. The summed E-state index contributed by atoms with van der Waals surface area (Å²) in [5, 5.41) is 16.8. The lowest BCUT2D eigenvalue weighted by molar-refractivity contribution is -0.384. The van der Waals surface area contributed by atoms with Crippen molar-refractivity contribution in [2.24, 2.45) is 5.11 Å². The standard InChI is InChI=1S/C11H14N6O3/c12-15-14-5-1-4-13-11(18)10-6-9(17(19)20)7-16(10)8-2-3-8/h6-8H,1-5H2,(H,13,18). The molecule has 0 radical (unpaired) electrons. The number of nitrogens with zero attached hydrogens (tertiary/aromatic N) is 5. The number of nitro groups is 1. The zero-order valence-corrected chi connectivity index (χ0v) is 10.7. The highest BCUT2D eigenvalue weighted by Crippen LogP contribution is 2.37. The van der Waals surface area contributed by atoms with Gasteiger partial charge >= 0.3 is 0 Å². The topological polar surface area (TPSA) is 126 Å². The van der Waals surface area contributed by atoms with Crippen LogP contribution >= 0.6 is 0 Å². The van der Waals surface area contributed by atoms with Gasteiger partial charge in [-0.05, 0) is 24.8 Å². The molecule has 1 heterocycles. The van der Waals surface area contributed by atoms with Crippen LogP contribution in [0.4, 0.5) is 5.69 Å². The lowest BCUT2D eigenvalue weighted by Gasteiger charge is -2.07. The fraction of sp³-hybridized carbons (Fsp3) is 0.545. The molecule has 106 valence electrons. The third kappa shape index (κ3) is 3.27. The lowest BCUT2D eigenvalue weighted by atomic mass is 10.3. The summed E-state index contributed by atoms with van der Waals surface area (Å²) in [4.78, 5) is 24.9. The van der Waals surface area contributed by atoms with E-state index in [1.807, 2.05) is 0 Å². The van der Waals surface area contributed by atoms with Crippen molar-refractivity contribution in [1.29, 1.82) is 0 Å². The monoisotopic (exact) mass is 278 g/mol. The Hall–Kier alpha value is -2.54. The number of carbonyl (C=O) groups is 1. The van der Waals surface area contributed by atoms with E-state index in [0.29, 0.717) is 25.2 Å². The van der Waals surface area contributed by atoms with E-state index in [1.54, 1.807) is 4.57 Å². The molecule has 1 aliphatic carbocycles. The molecular formula is C11H14N6O3. The predicted octanol–water partition coefficient (Wildman–Crippen LogP) is 2.16. The van der Waals surface area contributed by atoms with Crippen LogP contribution in [0.15, 0.2) is 17.4 Å². The summed E-state index contributed by atoms with van der Waals surface area (Å²) in [7, 11) is 0. The van der Waals surface area contributed by atoms with Gasteiger partial charge in [0.25, 0.3) is 11.6 Å². The molecule has 20 heavy (non-hydrogen) atoms. The number of nitrogens with one attached hydrogen (secondary N) is 1. The van der Waals surface area contributed by atoms with Crippen molar-refractivity contribution in [2.45, 2.75) is 25.3 Å². The molecule has 0 unspecified atom stereocenters. The van der Waals surface area contributed by atoms with Gasteiger partial charge in [0, 0.05) is 30.1 Å². The summed E-state index contributed by atoms with van der Waals surface area (Å²) in [6, 6.07) is 1.48. The van der Waals surface area contributed by atoms with Crippen molar-refractivity contribution in [3.63, 3.8) is 0 Å². The van der Waals surface area contributed by atoms with Crippen LogP contribution in [0.1, 0.15) is 35.8 Å². The molecule has 9 nitrogen and oxygen atoms in total. The van der Waals surface area contributed by atoms with Crippen LogP contribution in [0.5, 0.6) is 0 Å². The van der Waals surface area contributed by atoms with E-state index in [2.05, 4.69) is 15.3 Å². The fourth-order valence-corrected chi connectivity index (χ4v) is 1.89. The lowest BCUT2D eigenvalue weighted by Crippen LogP contribution is -2.27. The van der Waals surface area contributed by atoms with Crippen LogP contribution in [-0.4, -0.2) is 28.5 Å². The zero-order valence-electron chi connectivity index (χ0n) is 10.7. The summed E-state index contributed by atoms with van der Waals surface area (Å²) in [6.07, 6.45) is 3.81. The van der Waals surface area contributed by atoms with Gasteiger partial charge in [0.2, 0.25) is 0 Å². The summed E-state index contributed by atoms with van der Waals surface area (Å²) in [5.41, 5.74) is 8.35. The van der Waals surface area contributed by atoms with Crippen molar-refractivity contribution < 1.29 is 9.72 Å². The summed E-state index contributed by atoms with van der Waals surface area (Å²) in [5.74, 6) is -0.342. The van der Waals surface area contributed by atoms with Gasteiger partial charge in [-0.25, -0.2) is 0 Å². The number of amides is 1. The first-order valence-electron chi connectivity index (χ1n) is 6.29. The van der Waals surface area contributed by atoms with Crippen molar-refractivity contribution in [3.05, 3.63) is 38.5 Å². The maximum absolute atomic E-state index is 12.0. The predicted molar refractivity (Wildman–Crippen MR) is 70.3 cm³/mol. The smallest absolute Gasteiger partial charge is 0.287 e. The fourth-order valence-electron chi connectivity index (χ4n) is 1.89. The van der Waals surface area contributed by atoms with Gasteiger partial charge in [-0.2, -0.15) is 0 Å². The number of hydrogen-bond acceptors (Lipinski definition) is 4. The first-order valence-corrected chi connectivity index (χ1v) is 6.29. The Balaban J connectivity index is 2.01. The highest BCUT2D eigenvalue weighted by atomic mass is 16.6. The highest BCUT2D eigenvalue weighted by Gasteiger charge is 2.30. The average Bonchev–Trinajstić information content (AvgIpc) is 3.16. The van der Waals surface area contributed by atoms with E-state index in [4.69, 9.17) is 5.53 Å². The Bertz CT molecular complexity index is 571. The maximum Gasteiger partial charge on any atom is 0.287 e. The largest absolute Gasteiger partial charge is 0.351 e. The van der Waals surface area contributed by atoms with Crippen molar-refractivity contribution in [3.8, 4) is 0 Å². The number of hydrogen-bond donors (Lipinski definition) is 1. The van der Waals surface area contributed by atoms with E-state index in [1.165, 1.54) is 12.3 Å². The molecule has 2 rings (SSSR count). The highest BCUT2D eigenvalue weighted by molar-refractivity contribution is 5.93. The first-order chi connectivity index (χ1) is 9.63. The van der Waals surface area contributed by atoms with Crippen molar-refractivity contribution in [2.75, 3.05) is 13.1 Å². The molecule has 1 saturated carbocycles. The number of azide groups is 1. The van der Waals surface area contributed by atoms with Crippen LogP contribution in [-0.2, 0) is 0 Å². The first kappa shape index (κ1) is 13.9. The molecule has 1 N–H and O–H groups in total. The van der Waals surface area contributed by atoms with Gasteiger partial charge in [-0.3, -0.25) is 14.9 Å². The van der Waals surface area contributed by atoms with Crippen molar-refractivity contribution in [1.82, 2.24) is 9.88 Å². The minimum Gasteiger partial charge on any atom is -0.351 e. The van der Waals surface area contributed by atoms with Gasteiger partial charge in [0.1, 0.15) is 5.69 Å². The second kappa shape index (κ2) is 6.07. The molecule has 0 aromatic carbocycles. The Morgan fingerprint density at radius 3 is 3.00 bits per heavy atom. The Labute approximate surface area is 114 Å². The van der Waals surface area contributed by atoms with Gasteiger partial charge in [-0.15, -0.1) is 0 Å². The van der Waals surface area contributed by atoms with Crippen LogP contribution < -0.4 is 5.32 Å². The van der Waals surface area contributed by atoms with E-state index >= 15 is 0 Å². The summed E-state index contributed by atoms with van der Waals surface area (Å²) >= 11 is 0. The van der Waals surface area contributed by atoms with Crippen LogP contribution in [0.25, 0.3) is 10.4 Å². The Morgan fingerprint density at radius 2 is 2.40 bits per heavy atom. The van der Waals surface area contributed by atoms with Crippen molar-refractivity contribution >= 4 is 11.6 Å². The Kier molecular flexibility index (Phi) is 4.21. The van der Waals surface area contributed by atoms with Crippen LogP contribution in [0.2, 0.25) is 0 Å². The Morgan fingerprint density at radius 1 is 1.65 bits per heavy atom. The van der Waals surface area contributed by atoms with E-state index < -0.39 is 4.92 Å². The van der Waals surface area contributed by atoms with E-state index in [-0.39, 0.29) is 17.6 Å². The maximum atomic E-state index is 12.0. The molecule has 0 spiro atoms. The van der Waals surface area contributed by atoms with Gasteiger partial charge in [0.15, 0.2) is 0 Å². The minimum absolute atomic E-state index is 0.0730. The normalized spacial score (nSPS) is 13.6. The third-order valence-corrected chi connectivity index (χ3v) is 3.00. The zero-order chi connectivity index (χ0) is 14.5. The second-order valence-corrected chi connectivity index (χ2v) is 4.54. The molecule has 9 heteroatoms. The molecule has 1 amide bonds. The van der Waals surface area contributed by atoms with E-state index in [0.717, 1.165) is 12.8 Å². The molecule has 1 aromatic heterocycles. The second-order valence-electron chi connectivity index (χ2n) is 4.54. The molecule has 0 bridgehead atoms. The number of carbonyl (C=O) groups excluding carboxylic acids is 1. The molecule has 1 aliphatic rings. The quantitative estimate of drug-likeness (QED) is 0.205. The summed E-state index contributed by atoms with van der Waals surface area (Å²) < 4.78 is 1.67. The molecule has 1 aromatic rings.